The highest BCUT2D eigenvalue weighted by Gasteiger charge is 2.18. The molecular weight excluding hydrogens is 245 g/mol. The monoisotopic (exact) mass is 263 g/mol. The number of nitrogen functional groups attached to an aromatic ring is 1. The topological polar surface area (TPSA) is 78.9 Å². The number of hydrogen-bond acceptors (Lipinski definition) is 4. The molecule has 1 rings (SSSR count). The molecule has 0 bridgehead atoms. The number of nitriles is 1. The van der Waals surface area contributed by atoms with Crippen molar-refractivity contribution >= 4 is 11.5 Å². The van der Waals surface area contributed by atoms with Gasteiger partial charge in [0.25, 0.3) is 0 Å². The quantitative estimate of drug-likeness (QED) is 0.630. The average molecular weight is 263 g/mol. The molecule has 0 saturated heterocycles. The summed E-state index contributed by atoms with van der Waals surface area (Å²) in [5.74, 6) is -1.01. The molecule has 0 amide bonds. The van der Waals surface area contributed by atoms with Gasteiger partial charge in [-0.15, -0.1) is 0 Å². The standard InChI is InChI=1S/C14H18FN3O/c1-4-14(2,3)18-8-12(19)9-5-10(7-16)13(17)11(15)6-9/h5-6,18H,4,8,17H2,1-3H3. The Bertz CT molecular complexity index is 532. The van der Waals surface area contributed by atoms with Crippen molar-refractivity contribution in [3.63, 3.8) is 0 Å². The summed E-state index contributed by atoms with van der Waals surface area (Å²) in [5, 5.41) is 11.9. The third-order valence-electron chi connectivity index (χ3n) is 3.18. The van der Waals surface area contributed by atoms with Crippen LogP contribution in [0.25, 0.3) is 0 Å². The van der Waals surface area contributed by atoms with Crippen LogP contribution in [0.15, 0.2) is 12.1 Å². The average Bonchev–Trinajstić information content (AvgIpc) is 2.39. The number of nitrogens with one attached hydrogen (secondary N) is 1. The number of Topliss-reactive ketones (excluding diaryl/α,β-unsaturated/α-hetero) is 1. The zero-order valence-corrected chi connectivity index (χ0v) is 11.4. The van der Waals surface area contributed by atoms with Crippen LogP contribution in [-0.2, 0) is 0 Å². The van der Waals surface area contributed by atoms with Gasteiger partial charge in [0.05, 0.1) is 17.8 Å². The van der Waals surface area contributed by atoms with E-state index < -0.39 is 5.82 Å². The minimum atomic E-state index is -0.739. The normalized spacial score (nSPS) is 11.1. The lowest BCUT2D eigenvalue weighted by molar-refractivity contribution is 0.0979. The minimum Gasteiger partial charge on any atom is -0.395 e. The Balaban J connectivity index is 2.90. The predicted molar refractivity (Wildman–Crippen MR) is 72.2 cm³/mol. The first-order valence-corrected chi connectivity index (χ1v) is 6.08. The summed E-state index contributed by atoms with van der Waals surface area (Å²) in [6.07, 6.45) is 0.861. The molecule has 1 aromatic rings. The second kappa shape index (κ2) is 5.81. The molecule has 0 aliphatic heterocycles. The molecule has 0 aromatic heterocycles. The summed E-state index contributed by atoms with van der Waals surface area (Å²) in [4.78, 5) is 12.0. The molecular formula is C14H18FN3O. The molecule has 0 saturated carbocycles. The molecule has 0 atom stereocenters. The molecule has 0 fully saturated rings. The molecule has 0 unspecified atom stereocenters. The number of hydrogen-bond donors (Lipinski definition) is 2. The van der Waals surface area contributed by atoms with Crippen molar-refractivity contribution in [2.24, 2.45) is 0 Å². The minimum absolute atomic E-state index is 0.0156. The van der Waals surface area contributed by atoms with E-state index in [9.17, 15) is 9.18 Å². The van der Waals surface area contributed by atoms with Crippen LogP contribution in [0.2, 0.25) is 0 Å². The SMILES string of the molecule is CCC(C)(C)NCC(=O)c1cc(F)c(N)c(C#N)c1. The molecule has 5 heteroatoms. The van der Waals surface area contributed by atoms with Crippen LogP contribution in [0.1, 0.15) is 43.1 Å². The number of nitrogens with two attached hydrogens (primary N) is 1. The maximum atomic E-state index is 13.5. The molecule has 0 radical (unpaired) electrons. The van der Waals surface area contributed by atoms with E-state index in [1.165, 1.54) is 6.07 Å². The van der Waals surface area contributed by atoms with E-state index in [4.69, 9.17) is 11.0 Å². The summed E-state index contributed by atoms with van der Waals surface area (Å²) in [6.45, 7) is 6.05. The zero-order chi connectivity index (χ0) is 14.6. The number of ketones is 1. The molecule has 19 heavy (non-hydrogen) atoms. The van der Waals surface area contributed by atoms with Gasteiger partial charge in [-0.1, -0.05) is 6.92 Å². The number of nitrogens with zero attached hydrogens (tertiary/aromatic N) is 1. The van der Waals surface area contributed by atoms with Gasteiger partial charge in [-0.25, -0.2) is 4.39 Å². The fourth-order valence-electron chi connectivity index (χ4n) is 1.42. The fraction of sp³-hybridized carbons (Fsp3) is 0.429. The summed E-state index contributed by atoms with van der Waals surface area (Å²) in [6, 6.07) is 4.17. The van der Waals surface area contributed by atoms with Crippen LogP contribution >= 0.6 is 0 Å². The number of halogens is 1. The Hall–Kier alpha value is -1.93. The Morgan fingerprint density at radius 2 is 2.16 bits per heavy atom. The van der Waals surface area contributed by atoms with Gasteiger partial charge in [0.15, 0.2) is 5.78 Å². The molecule has 1 aromatic carbocycles. The van der Waals surface area contributed by atoms with Gasteiger partial charge in [0, 0.05) is 11.1 Å². The number of rotatable bonds is 5. The van der Waals surface area contributed by atoms with Crippen LogP contribution in [0.4, 0.5) is 10.1 Å². The van der Waals surface area contributed by atoms with Crippen molar-refractivity contribution in [3.8, 4) is 6.07 Å². The predicted octanol–water partition coefficient (Wildman–Crippen LogP) is 2.24. The van der Waals surface area contributed by atoms with Gasteiger partial charge >= 0.3 is 0 Å². The van der Waals surface area contributed by atoms with Crippen molar-refractivity contribution in [2.45, 2.75) is 32.7 Å². The van der Waals surface area contributed by atoms with Gasteiger partial charge in [-0.2, -0.15) is 5.26 Å². The molecule has 3 N–H and O–H groups in total. The Kier molecular flexibility index (Phi) is 4.62. The number of carbonyl (C=O) groups is 1. The van der Waals surface area contributed by atoms with Crippen molar-refractivity contribution in [1.82, 2.24) is 5.32 Å². The first-order valence-electron chi connectivity index (χ1n) is 6.08. The van der Waals surface area contributed by atoms with E-state index in [1.807, 2.05) is 20.8 Å². The molecule has 4 nitrogen and oxygen atoms in total. The van der Waals surface area contributed by atoms with Crippen molar-refractivity contribution < 1.29 is 9.18 Å². The van der Waals surface area contributed by atoms with E-state index in [0.29, 0.717) is 0 Å². The van der Waals surface area contributed by atoms with Crippen LogP contribution < -0.4 is 11.1 Å². The highest BCUT2D eigenvalue weighted by Crippen LogP contribution is 2.18. The number of carbonyl (C=O) groups excluding carboxylic acids is 1. The summed E-state index contributed by atoms with van der Waals surface area (Å²) in [5.41, 5.74) is 5.15. The zero-order valence-electron chi connectivity index (χ0n) is 11.4. The molecule has 0 heterocycles. The van der Waals surface area contributed by atoms with E-state index in [0.717, 1.165) is 12.5 Å². The van der Waals surface area contributed by atoms with Crippen molar-refractivity contribution in [1.29, 1.82) is 5.26 Å². The van der Waals surface area contributed by atoms with Gasteiger partial charge in [-0.3, -0.25) is 4.79 Å². The largest absolute Gasteiger partial charge is 0.395 e. The molecule has 0 spiro atoms. The number of anilines is 1. The fourth-order valence-corrected chi connectivity index (χ4v) is 1.42. The smallest absolute Gasteiger partial charge is 0.176 e. The number of benzene rings is 1. The molecule has 0 aliphatic carbocycles. The van der Waals surface area contributed by atoms with E-state index in [2.05, 4.69) is 5.32 Å². The van der Waals surface area contributed by atoms with Crippen molar-refractivity contribution in [3.05, 3.63) is 29.1 Å². The van der Waals surface area contributed by atoms with Crippen LogP contribution in [-0.4, -0.2) is 17.9 Å². The summed E-state index contributed by atoms with van der Waals surface area (Å²) in [7, 11) is 0. The second-order valence-corrected chi connectivity index (χ2v) is 5.05. The maximum Gasteiger partial charge on any atom is 0.176 e. The highest BCUT2D eigenvalue weighted by atomic mass is 19.1. The van der Waals surface area contributed by atoms with Gasteiger partial charge in [-0.05, 0) is 32.4 Å². The molecule has 102 valence electrons. The maximum absolute atomic E-state index is 13.5. The van der Waals surface area contributed by atoms with E-state index in [1.54, 1.807) is 6.07 Å². The summed E-state index contributed by atoms with van der Waals surface area (Å²) >= 11 is 0. The Labute approximate surface area is 112 Å². The van der Waals surface area contributed by atoms with Gasteiger partial charge in [0.1, 0.15) is 11.9 Å². The van der Waals surface area contributed by atoms with E-state index in [-0.39, 0.29) is 34.7 Å². The van der Waals surface area contributed by atoms with Crippen LogP contribution in [0, 0.1) is 17.1 Å². The van der Waals surface area contributed by atoms with Crippen molar-refractivity contribution in [2.75, 3.05) is 12.3 Å². The van der Waals surface area contributed by atoms with Gasteiger partial charge in [0.2, 0.25) is 0 Å². The third-order valence-corrected chi connectivity index (χ3v) is 3.18. The molecule has 0 aliphatic rings. The van der Waals surface area contributed by atoms with Gasteiger partial charge < -0.3 is 11.1 Å². The Morgan fingerprint density at radius 3 is 2.68 bits per heavy atom. The lowest BCUT2D eigenvalue weighted by atomic mass is 10.0. The summed E-state index contributed by atoms with van der Waals surface area (Å²) < 4.78 is 13.5. The highest BCUT2D eigenvalue weighted by molar-refractivity contribution is 5.98. The Morgan fingerprint density at radius 1 is 1.53 bits per heavy atom. The lowest BCUT2D eigenvalue weighted by Crippen LogP contribution is -2.41. The van der Waals surface area contributed by atoms with Crippen LogP contribution in [0.3, 0.4) is 0 Å². The first kappa shape index (κ1) is 15.1. The third kappa shape index (κ3) is 3.76. The van der Waals surface area contributed by atoms with Crippen LogP contribution in [0.5, 0.6) is 0 Å². The second-order valence-electron chi connectivity index (χ2n) is 5.05. The lowest BCUT2D eigenvalue weighted by Gasteiger charge is -2.24. The van der Waals surface area contributed by atoms with E-state index >= 15 is 0 Å². The first-order chi connectivity index (χ1) is 8.80.